The fourth-order valence-corrected chi connectivity index (χ4v) is 2.66. The standard InChI is InChI=1S/C17H15F3N2O3.C6H6/c18-17(19,20)13-5-1-3-11(7-13)9-22(10-15(21)24)16(25)12-4-2-6-14(23)8-12;1-2-4-6-5-3-1/h1-8,23H,9-10H2,(H2,21,24);1-6H. The monoisotopic (exact) mass is 430 g/mol. The third kappa shape index (κ3) is 7.85. The molecule has 2 amide bonds. The van der Waals surface area contributed by atoms with Gasteiger partial charge in [-0.15, -0.1) is 0 Å². The van der Waals surface area contributed by atoms with E-state index in [1.165, 1.54) is 36.4 Å². The summed E-state index contributed by atoms with van der Waals surface area (Å²) in [6.45, 7) is -0.702. The molecule has 0 aliphatic rings. The molecule has 0 fully saturated rings. The zero-order chi connectivity index (χ0) is 22.9. The van der Waals surface area contributed by atoms with Gasteiger partial charge in [-0.2, -0.15) is 13.2 Å². The van der Waals surface area contributed by atoms with E-state index < -0.39 is 30.1 Å². The molecule has 8 heteroatoms. The number of carbonyl (C=O) groups excluding carboxylic acids is 2. The summed E-state index contributed by atoms with van der Waals surface area (Å²) in [6.07, 6.45) is -4.51. The second kappa shape index (κ2) is 10.8. The van der Waals surface area contributed by atoms with Gasteiger partial charge in [-0.05, 0) is 35.9 Å². The van der Waals surface area contributed by atoms with Crippen molar-refractivity contribution in [3.05, 3.63) is 102 Å². The smallest absolute Gasteiger partial charge is 0.416 e. The lowest BCUT2D eigenvalue weighted by atomic mass is 10.1. The van der Waals surface area contributed by atoms with Gasteiger partial charge in [0.1, 0.15) is 5.75 Å². The highest BCUT2D eigenvalue weighted by atomic mass is 19.4. The number of amides is 2. The van der Waals surface area contributed by atoms with Gasteiger partial charge in [-0.1, -0.05) is 54.6 Å². The predicted molar refractivity (Wildman–Crippen MR) is 110 cm³/mol. The van der Waals surface area contributed by atoms with E-state index in [0.717, 1.165) is 17.0 Å². The molecule has 3 aromatic carbocycles. The highest BCUT2D eigenvalue weighted by Gasteiger charge is 2.30. The van der Waals surface area contributed by atoms with E-state index in [0.29, 0.717) is 0 Å². The normalized spacial score (nSPS) is 10.5. The molecule has 0 heterocycles. The van der Waals surface area contributed by atoms with Crippen LogP contribution in [0.1, 0.15) is 21.5 Å². The van der Waals surface area contributed by atoms with Crippen LogP contribution in [0.5, 0.6) is 5.75 Å². The number of hydrogen-bond acceptors (Lipinski definition) is 3. The number of hydrogen-bond donors (Lipinski definition) is 2. The van der Waals surface area contributed by atoms with Crippen molar-refractivity contribution in [3.63, 3.8) is 0 Å². The minimum absolute atomic E-state index is 0.0909. The van der Waals surface area contributed by atoms with E-state index in [2.05, 4.69) is 0 Å². The van der Waals surface area contributed by atoms with Crippen molar-refractivity contribution in [1.29, 1.82) is 0 Å². The van der Waals surface area contributed by atoms with Gasteiger partial charge in [0, 0.05) is 12.1 Å². The van der Waals surface area contributed by atoms with E-state index in [-0.39, 0.29) is 23.4 Å². The molecule has 0 atom stereocenters. The molecule has 0 radical (unpaired) electrons. The fraction of sp³-hybridized carbons (Fsp3) is 0.130. The molecule has 3 rings (SSSR count). The number of phenols is 1. The van der Waals surface area contributed by atoms with Crippen LogP contribution in [0.3, 0.4) is 0 Å². The first-order valence-electron chi connectivity index (χ1n) is 9.19. The van der Waals surface area contributed by atoms with E-state index >= 15 is 0 Å². The lowest BCUT2D eigenvalue weighted by Crippen LogP contribution is -2.38. The van der Waals surface area contributed by atoms with E-state index in [1.807, 2.05) is 36.4 Å². The molecule has 31 heavy (non-hydrogen) atoms. The number of halogens is 3. The van der Waals surface area contributed by atoms with Crippen molar-refractivity contribution < 1.29 is 27.9 Å². The summed E-state index contributed by atoms with van der Waals surface area (Å²) in [4.78, 5) is 24.8. The fourth-order valence-electron chi connectivity index (χ4n) is 2.66. The van der Waals surface area contributed by atoms with Crippen molar-refractivity contribution in [2.75, 3.05) is 6.54 Å². The van der Waals surface area contributed by atoms with Crippen LogP contribution in [0.2, 0.25) is 0 Å². The Bertz CT molecular complexity index is 981. The van der Waals surface area contributed by atoms with Crippen LogP contribution in [-0.2, 0) is 17.5 Å². The van der Waals surface area contributed by atoms with Crippen LogP contribution in [0, 0.1) is 0 Å². The maximum absolute atomic E-state index is 12.8. The first kappa shape index (κ1) is 23.5. The summed E-state index contributed by atoms with van der Waals surface area (Å²) >= 11 is 0. The van der Waals surface area contributed by atoms with E-state index in [4.69, 9.17) is 5.73 Å². The third-order valence-electron chi connectivity index (χ3n) is 4.02. The number of phenolic OH excluding ortho intramolecular Hbond substituents is 1. The average molecular weight is 430 g/mol. The van der Waals surface area contributed by atoms with Gasteiger partial charge >= 0.3 is 6.18 Å². The molecule has 0 saturated carbocycles. The van der Waals surface area contributed by atoms with Gasteiger partial charge in [0.25, 0.3) is 5.91 Å². The third-order valence-corrected chi connectivity index (χ3v) is 4.02. The summed E-state index contributed by atoms with van der Waals surface area (Å²) in [5.74, 6) is -1.59. The van der Waals surface area contributed by atoms with E-state index in [1.54, 1.807) is 0 Å². The molecule has 3 N–H and O–H groups in total. The Hall–Kier alpha value is -3.81. The zero-order valence-electron chi connectivity index (χ0n) is 16.4. The van der Waals surface area contributed by atoms with Gasteiger partial charge in [-0.25, -0.2) is 0 Å². The summed E-state index contributed by atoms with van der Waals surface area (Å²) in [7, 11) is 0. The Morgan fingerprint density at radius 3 is 1.97 bits per heavy atom. The van der Waals surface area contributed by atoms with Crippen LogP contribution in [0.15, 0.2) is 84.9 Å². The summed E-state index contributed by atoms with van der Waals surface area (Å²) in [5, 5.41) is 9.45. The highest BCUT2D eigenvalue weighted by Crippen LogP contribution is 2.29. The van der Waals surface area contributed by atoms with Crippen LogP contribution >= 0.6 is 0 Å². The molecule has 5 nitrogen and oxygen atoms in total. The molecule has 0 aromatic heterocycles. The van der Waals surface area contributed by atoms with Crippen LogP contribution in [0.4, 0.5) is 13.2 Å². The Morgan fingerprint density at radius 2 is 1.45 bits per heavy atom. The largest absolute Gasteiger partial charge is 0.508 e. The maximum Gasteiger partial charge on any atom is 0.416 e. The average Bonchev–Trinajstić information content (AvgIpc) is 2.74. The van der Waals surface area contributed by atoms with E-state index in [9.17, 15) is 27.9 Å². The van der Waals surface area contributed by atoms with Crippen LogP contribution < -0.4 is 5.73 Å². The zero-order valence-corrected chi connectivity index (χ0v) is 16.4. The van der Waals surface area contributed by atoms with Gasteiger partial charge < -0.3 is 15.7 Å². The second-order valence-electron chi connectivity index (χ2n) is 6.53. The molecule has 0 saturated heterocycles. The minimum Gasteiger partial charge on any atom is -0.508 e. The Morgan fingerprint density at radius 1 is 0.871 bits per heavy atom. The van der Waals surface area contributed by atoms with Gasteiger partial charge in [0.2, 0.25) is 5.91 Å². The second-order valence-corrected chi connectivity index (χ2v) is 6.53. The van der Waals surface area contributed by atoms with Crippen LogP contribution in [-0.4, -0.2) is 28.4 Å². The van der Waals surface area contributed by atoms with Gasteiger partial charge in [-0.3, -0.25) is 9.59 Å². The highest BCUT2D eigenvalue weighted by molar-refractivity contribution is 5.96. The molecule has 0 aliphatic carbocycles. The minimum atomic E-state index is -4.51. The van der Waals surface area contributed by atoms with Crippen molar-refractivity contribution in [2.24, 2.45) is 5.73 Å². The molecule has 162 valence electrons. The van der Waals surface area contributed by atoms with Crippen molar-refractivity contribution in [3.8, 4) is 5.75 Å². The summed E-state index contributed by atoms with van der Waals surface area (Å²) in [5.41, 5.74) is 4.57. The van der Waals surface area contributed by atoms with Crippen molar-refractivity contribution in [2.45, 2.75) is 12.7 Å². The molecular formula is C23H21F3N2O3. The topological polar surface area (TPSA) is 83.6 Å². The lowest BCUT2D eigenvalue weighted by molar-refractivity contribution is -0.137. The van der Waals surface area contributed by atoms with Gasteiger partial charge in [0.05, 0.1) is 12.1 Å². The van der Waals surface area contributed by atoms with Crippen molar-refractivity contribution in [1.82, 2.24) is 4.90 Å². The van der Waals surface area contributed by atoms with Crippen molar-refractivity contribution >= 4 is 11.8 Å². The molecule has 0 spiro atoms. The quantitative estimate of drug-likeness (QED) is 0.636. The summed E-state index contributed by atoms with van der Waals surface area (Å²) < 4.78 is 38.4. The molecule has 0 bridgehead atoms. The number of benzene rings is 3. The molecule has 3 aromatic rings. The maximum atomic E-state index is 12.8. The number of rotatable bonds is 5. The Kier molecular flexibility index (Phi) is 8.19. The Labute approximate surface area is 177 Å². The first-order chi connectivity index (χ1) is 14.7. The first-order valence-corrected chi connectivity index (χ1v) is 9.19. The number of nitrogens with zero attached hydrogens (tertiary/aromatic N) is 1. The number of nitrogens with two attached hydrogens (primary N) is 1. The van der Waals surface area contributed by atoms with Crippen LogP contribution in [0.25, 0.3) is 0 Å². The summed E-state index contributed by atoms with van der Waals surface area (Å²) in [6, 6.07) is 21.9. The molecular weight excluding hydrogens is 409 g/mol. The van der Waals surface area contributed by atoms with Gasteiger partial charge in [0.15, 0.2) is 0 Å². The number of aromatic hydroxyl groups is 1. The Balaban J connectivity index is 0.000000488. The number of primary amides is 1. The lowest BCUT2D eigenvalue weighted by Gasteiger charge is -2.22. The number of alkyl halides is 3. The predicted octanol–water partition coefficient (Wildman–Crippen LogP) is 4.23. The molecule has 0 unspecified atom stereocenters. The number of carbonyl (C=O) groups is 2. The molecule has 0 aliphatic heterocycles. The SMILES string of the molecule is NC(=O)CN(Cc1cccc(C(F)(F)F)c1)C(=O)c1cccc(O)c1.c1ccccc1.